The first-order chi connectivity index (χ1) is 8.52. The molecule has 1 rings (SSSR count). The summed E-state index contributed by atoms with van der Waals surface area (Å²) in [6.45, 7) is 3.80. The Balaban J connectivity index is 2.46. The standard InChI is InChI=1S/C13H20ClN3O/c1-3-6-16-13(18)9-17(2)8-10-4-5-11(14)12(15)7-10/h4-5,7H,3,6,8-9,15H2,1-2H3,(H,16,18). The molecule has 0 spiro atoms. The highest BCUT2D eigenvalue weighted by molar-refractivity contribution is 6.33. The van der Waals surface area contributed by atoms with E-state index in [4.69, 9.17) is 17.3 Å². The molecule has 0 aliphatic heterocycles. The zero-order valence-electron chi connectivity index (χ0n) is 10.9. The van der Waals surface area contributed by atoms with E-state index in [0.717, 1.165) is 18.5 Å². The van der Waals surface area contributed by atoms with Gasteiger partial charge in [-0.1, -0.05) is 24.6 Å². The second kappa shape index (κ2) is 7.24. The van der Waals surface area contributed by atoms with Crippen LogP contribution >= 0.6 is 11.6 Å². The lowest BCUT2D eigenvalue weighted by molar-refractivity contribution is -0.122. The molecule has 0 fully saturated rings. The SMILES string of the molecule is CCCNC(=O)CN(C)Cc1ccc(Cl)c(N)c1. The number of hydrogen-bond acceptors (Lipinski definition) is 3. The van der Waals surface area contributed by atoms with Crippen LogP contribution in [0.25, 0.3) is 0 Å². The Hall–Kier alpha value is -1.26. The van der Waals surface area contributed by atoms with Gasteiger partial charge in [-0.05, 0) is 31.2 Å². The number of nitrogens with zero attached hydrogens (tertiary/aromatic N) is 1. The number of amides is 1. The first-order valence-corrected chi connectivity index (χ1v) is 6.40. The van der Waals surface area contributed by atoms with Gasteiger partial charge in [0.05, 0.1) is 17.3 Å². The van der Waals surface area contributed by atoms with Crippen molar-refractivity contribution in [3.8, 4) is 0 Å². The van der Waals surface area contributed by atoms with Gasteiger partial charge in [-0.2, -0.15) is 0 Å². The fourth-order valence-electron chi connectivity index (χ4n) is 1.62. The number of benzene rings is 1. The van der Waals surface area contributed by atoms with E-state index in [9.17, 15) is 4.79 Å². The number of nitrogens with one attached hydrogen (secondary N) is 1. The van der Waals surface area contributed by atoms with E-state index in [1.807, 2.05) is 31.0 Å². The Kier molecular flexibility index (Phi) is 5.95. The molecule has 0 aliphatic rings. The Morgan fingerprint density at radius 3 is 2.83 bits per heavy atom. The van der Waals surface area contributed by atoms with Crippen LogP contribution in [0.3, 0.4) is 0 Å². The topological polar surface area (TPSA) is 58.4 Å². The molecule has 5 heteroatoms. The number of hydrogen-bond donors (Lipinski definition) is 2. The fourth-order valence-corrected chi connectivity index (χ4v) is 1.74. The Morgan fingerprint density at radius 1 is 1.50 bits per heavy atom. The lowest BCUT2D eigenvalue weighted by Crippen LogP contribution is -2.35. The summed E-state index contributed by atoms with van der Waals surface area (Å²) in [7, 11) is 1.90. The first kappa shape index (κ1) is 14.8. The second-order valence-corrected chi connectivity index (χ2v) is 4.79. The van der Waals surface area contributed by atoms with Crippen molar-refractivity contribution >= 4 is 23.2 Å². The van der Waals surface area contributed by atoms with Crippen molar-refractivity contribution in [3.63, 3.8) is 0 Å². The molecule has 0 unspecified atom stereocenters. The van der Waals surface area contributed by atoms with Crippen molar-refractivity contribution in [2.24, 2.45) is 0 Å². The number of likely N-dealkylation sites (N-methyl/N-ethyl adjacent to an activating group) is 1. The minimum atomic E-state index is 0.0429. The molecule has 1 amide bonds. The zero-order valence-corrected chi connectivity index (χ0v) is 11.6. The molecule has 100 valence electrons. The number of rotatable bonds is 6. The van der Waals surface area contributed by atoms with Gasteiger partial charge in [0.2, 0.25) is 5.91 Å². The summed E-state index contributed by atoms with van der Waals surface area (Å²) in [4.78, 5) is 13.5. The van der Waals surface area contributed by atoms with Gasteiger partial charge in [0, 0.05) is 13.1 Å². The van der Waals surface area contributed by atoms with Gasteiger partial charge >= 0.3 is 0 Å². The molecular weight excluding hydrogens is 250 g/mol. The summed E-state index contributed by atoms with van der Waals surface area (Å²) in [5, 5.41) is 3.40. The van der Waals surface area contributed by atoms with Crippen LogP contribution in [0.5, 0.6) is 0 Å². The van der Waals surface area contributed by atoms with Crippen molar-refractivity contribution in [2.75, 3.05) is 25.9 Å². The van der Waals surface area contributed by atoms with E-state index in [-0.39, 0.29) is 5.91 Å². The number of carbonyl (C=O) groups is 1. The Morgan fingerprint density at radius 2 is 2.22 bits per heavy atom. The average molecular weight is 270 g/mol. The second-order valence-electron chi connectivity index (χ2n) is 4.38. The largest absolute Gasteiger partial charge is 0.398 e. The van der Waals surface area contributed by atoms with E-state index in [1.165, 1.54) is 0 Å². The highest BCUT2D eigenvalue weighted by Crippen LogP contribution is 2.19. The molecule has 0 saturated carbocycles. The van der Waals surface area contributed by atoms with Crippen LogP contribution in [0.15, 0.2) is 18.2 Å². The van der Waals surface area contributed by atoms with E-state index in [1.54, 1.807) is 6.07 Å². The molecule has 0 radical (unpaired) electrons. The van der Waals surface area contributed by atoms with Crippen molar-refractivity contribution in [3.05, 3.63) is 28.8 Å². The van der Waals surface area contributed by atoms with Gasteiger partial charge in [0.15, 0.2) is 0 Å². The van der Waals surface area contributed by atoms with E-state index in [2.05, 4.69) is 5.32 Å². The molecule has 18 heavy (non-hydrogen) atoms. The van der Waals surface area contributed by atoms with E-state index < -0.39 is 0 Å². The van der Waals surface area contributed by atoms with Crippen molar-refractivity contribution in [1.29, 1.82) is 0 Å². The molecule has 3 N–H and O–H groups in total. The number of nitrogen functional groups attached to an aromatic ring is 1. The summed E-state index contributed by atoms with van der Waals surface area (Å²) in [6.07, 6.45) is 0.948. The third kappa shape index (κ3) is 4.94. The van der Waals surface area contributed by atoms with Crippen molar-refractivity contribution in [2.45, 2.75) is 19.9 Å². The zero-order chi connectivity index (χ0) is 13.5. The molecule has 0 atom stereocenters. The lowest BCUT2D eigenvalue weighted by atomic mass is 10.2. The van der Waals surface area contributed by atoms with Crippen LogP contribution in [0.2, 0.25) is 5.02 Å². The molecule has 1 aromatic carbocycles. The maximum absolute atomic E-state index is 11.5. The van der Waals surface area contributed by atoms with Crippen LogP contribution < -0.4 is 11.1 Å². The highest BCUT2D eigenvalue weighted by Gasteiger charge is 2.07. The maximum Gasteiger partial charge on any atom is 0.234 e. The minimum absolute atomic E-state index is 0.0429. The van der Waals surface area contributed by atoms with E-state index >= 15 is 0 Å². The fraction of sp³-hybridized carbons (Fsp3) is 0.462. The molecule has 0 aromatic heterocycles. The maximum atomic E-state index is 11.5. The Labute approximate surface area is 113 Å². The molecule has 1 aromatic rings. The average Bonchev–Trinajstić information content (AvgIpc) is 2.31. The monoisotopic (exact) mass is 269 g/mol. The highest BCUT2D eigenvalue weighted by atomic mass is 35.5. The third-order valence-corrected chi connectivity index (χ3v) is 2.84. The number of carbonyl (C=O) groups excluding carboxylic acids is 1. The van der Waals surface area contributed by atoms with Gasteiger partial charge in [-0.15, -0.1) is 0 Å². The summed E-state index contributed by atoms with van der Waals surface area (Å²) in [6, 6.07) is 5.53. The first-order valence-electron chi connectivity index (χ1n) is 6.02. The molecule has 0 heterocycles. The van der Waals surface area contributed by atoms with Gasteiger partial charge in [-0.25, -0.2) is 0 Å². The summed E-state index contributed by atoms with van der Waals surface area (Å²) >= 11 is 5.86. The molecule has 4 nitrogen and oxygen atoms in total. The molecule has 0 bridgehead atoms. The molecular formula is C13H20ClN3O. The van der Waals surface area contributed by atoms with Gasteiger partial charge in [-0.3, -0.25) is 9.69 Å². The molecule has 0 saturated heterocycles. The van der Waals surface area contributed by atoms with Crippen molar-refractivity contribution < 1.29 is 4.79 Å². The van der Waals surface area contributed by atoms with Crippen LogP contribution in [0.1, 0.15) is 18.9 Å². The van der Waals surface area contributed by atoms with Crippen LogP contribution in [-0.2, 0) is 11.3 Å². The van der Waals surface area contributed by atoms with Crippen LogP contribution in [0.4, 0.5) is 5.69 Å². The number of anilines is 1. The van der Waals surface area contributed by atoms with Gasteiger partial charge in [0.25, 0.3) is 0 Å². The van der Waals surface area contributed by atoms with Gasteiger partial charge in [0.1, 0.15) is 0 Å². The lowest BCUT2D eigenvalue weighted by Gasteiger charge is -2.16. The van der Waals surface area contributed by atoms with E-state index in [0.29, 0.717) is 23.8 Å². The van der Waals surface area contributed by atoms with Crippen molar-refractivity contribution in [1.82, 2.24) is 10.2 Å². The van der Waals surface area contributed by atoms with Crippen LogP contribution in [-0.4, -0.2) is 30.9 Å². The summed E-state index contributed by atoms with van der Waals surface area (Å²) in [5.41, 5.74) is 7.35. The predicted octanol–water partition coefficient (Wildman–Crippen LogP) is 1.88. The smallest absolute Gasteiger partial charge is 0.234 e. The normalized spacial score (nSPS) is 10.7. The van der Waals surface area contributed by atoms with Gasteiger partial charge < -0.3 is 11.1 Å². The predicted molar refractivity (Wildman–Crippen MR) is 75.5 cm³/mol. The summed E-state index contributed by atoms with van der Waals surface area (Å²) in [5.74, 6) is 0.0429. The minimum Gasteiger partial charge on any atom is -0.398 e. The van der Waals surface area contributed by atoms with Crippen LogP contribution in [0, 0.1) is 0 Å². The molecule has 0 aliphatic carbocycles. The summed E-state index contributed by atoms with van der Waals surface area (Å²) < 4.78 is 0. The Bertz CT molecular complexity index is 409. The number of nitrogens with two attached hydrogens (primary N) is 1. The number of halogens is 1. The third-order valence-electron chi connectivity index (χ3n) is 2.50. The quantitative estimate of drug-likeness (QED) is 0.776.